The van der Waals surface area contributed by atoms with E-state index in [0.717, 1.165) is 10.8 Å². The van der Waals surface area contributed by atoms with Gasteiger partial charge in [0.2, 0.25) is 0 Å². The van der Waals surface area contributed by atoms with Gasteiger partial charge in [0, 0.05) is 12.0 Å². The first-order valence-electron chi connectivity index (χ1n) is 6.39. The van der Waals surface area contributed by atoms with Crippen LogP contribution in [0.5, 0.6) is 0 Å². The minimum Gasteiger partial charge on any atom is -0.466 e. The number of hydrogen-bond acceptors (Lipinski definition) is 3. The van der Waals surface area contributed by atoms with E-state index in [1.54, 1.807) is 13.0 Å². The molecule has 0 aromatic heterocycles. The Kier molecular flexibility index (Phi) is 4.29. The molecule has 0 radical (unpaired) electrons. The second-order valence-electron chi connectivity index (χ2n) is 4.25. The van der Waals surface area contributed by atoms with E-state index in [2.05, 4.69) is 0 Å². The molecular weight excluding hydrogens is 240 g/mol. The van der Waals surface area contributed by atoms with Gasteiger partial charge in [0.1, 0.15) is 0 Å². The standard InChI is InChI=1S/C16H16O3/c1-2-19-16(18)11-10-15(17)14-9-5-7-12-6-3-4-8-13(12)14/h3-9H,2,10-11H2,1H3. The largest absolute Gasteiger partial charge is 0.466 e. The van der Waals surface area contributed by atoms with Crippen molar-refractivity contribution in [3.8, 4) is 0 Å². The lowest BCUT2D eigenvalue weighted by Crippen LogP contribution is -2.08. The lowest BCUT2D eigenvalue weighted by Gasteiger charge is -2.05. The Balaban J connectivity index is 2.15. The Morgan fingerprint density at radius 2 is 1.74 bits per heavy atom. The lowest BCUT2D eigenvalue weighted by atomic mass is 9.99. The van der Waals surface area contributed by atoms with Gasteiger partial charge in [-0.2, -0.15) is 0 Å². The van der Waals surface area contributed by atoms with E-state index in [-0.39, 0.29) is 24.6 Å². The van der Waals surface area contributed by atoms with Crippen LogP contribution in [0.3, 0.4) is 0 Å². The van der Waals surface area contributed by atoms with Gasteiger partial charge in [0.05, 0.1) is 13.0 Å². The zero-order valence-electron chi connectivity index (χ0n) is 10.9. The monoisotopic (exact) mass is 256 g/mol. The number of carbonyl (C=O) groups excluding carboxylic acids is 2. The van der Waals surface area contributed by atoms with E-state index in [1.165, 1.54) is 0 Å². The number of benzene rings is 2. The second kappa shape index (κ2) is 6.14. The third-order valence-electron chi connectivity index (χ3n) is 2.95. The first kappa shape index (κ1) is 13.3. The molecule has 2 aromatic carbocycles. The SMILES string of the molecule is CCOC(=O)CCC(=O)c1cccc2ccccc12. The van der Waals surface area contributed by atoms with Crippen LogP contribution in [-0.4, -0.2) is 18.4 Å². The highest BCUT2D eigenvalue weighted by molar-refractivity contribution is 6.08. The minimum atomic E-state index is -0.323. The van der Waals surface area contributed by atoms with Crippen LogP contribution in [0, 0.1) is 0 Å². The van der Waals surface area contributed by atoms with Gasteiger partial charge in [0.15, 0.2) is 5.78 Å². The summed E-state index contributed by atoms with van der Waals surface area (Å²) < 4.78 is 4.82. The molecule has 2 aromatic rings. The van der Waals surface area contributed by atoms with E-state index in [9.17, 15) is 9.59 Å². The van der Waals surface area contributed by atoms with Crippen LogP contribution in [0.15, 0.2) is 42.5 Å². The highest BCUT2D eigenvalue weighted by atomic mass is 16.5. The molecule has 0 amide bonds. The van der Waals surface area contributed by atoms with Crippen molar-refractivity contribution in [1.29, 1.82) is 0 Å². The average Bonchev–Trinajstić information content (AvgIpc) is 2.44. The summed E-state index contributed by atoms with van der Waals surface area (Å²) in [5, 5.41) is 1.96. The molecule has 0 aliphatic rings. The third-order valence-corrected chi connectivity index (χ3v) is 2.95. The van der Waals surface area contributed by atoms with Gasteiger partial charge in [-0.1, -0.05) is 42.5 Å². The van der Waals surface area contributed by atoms with Crippen LogP contribution >= 0.6 is 0 Å². The molecule has 0 atom stereocenters. The van der Waals surface area contributed by atoms with Crippen molar-refractivity contribution in [1.82, 2.24) is 0 Å². The number of ether oxygens (including phenoxy) is 1. The Bertz CT molecular complexity index is 596. The summed E-state index contributed by atoms with van der Waals surface area (Å²) in [6.07, 6.45) is 0.322. The summed E-state index contributed by atoms with van der Waals surface area (Å²) in [5.74, 6) is -0.346. The fraction of sp³-hybridized carbons (Fsp3) is 0.250. The molecule has 0 aliphatic heterocycles. The molecule has 0 saturated heterocycles. The van der Waals surface area contributed by atoms with Crippen molar-refractivity contribution >= 4 is 22.5 Å². The molecule has 0 heterocycles. The van der Waals surface area contributed by atoms with E-state index < -0.39 is 0 Å². The van der Waals surface area contributed by atoms with Crippen molar-refractivity contribution < 1.29 is 14.3 Å². The van der Waals surface area contributed by atoms with Gasteiger partial charge >= 0.3 is 5.97 Å². The summed E-state index contributed by atoms with van der Waals surface area (Å²) in [7, 11) is 0. The Morgan fingerprint density at radius 3 is 2.53 bits per heavy atom. The molecule has 0 N–H and O–H groups in total. The predicted molar refractivity (Wildman–Crippen MR) is 74.1 cm³/mol. The second-order valence-corrected chi connectivity index (χ2v) is 4.25. The number of carbonyl (C=O) groups is 2. The Morgan fingerprint density at radius 1 is 1.00 bits per heavy atom. The fourth-order valence-electron chi connectivity index (χ4n) is 2.05. The van der Waals surface area contributed by atoms with Gasteiger partial charge in [-0.15, -0.1) is 0 Å². The van der Waals surface area contributed by atoms with Crippen molar-refractivity contribution in [2.75, 3.05) is 6.61 Å². The molecule has 0 unspecified atom stereocenters. The maximum atomic E-state index is 12.2. The minimum absolute atomic E-state index is 0.0233. The number of fused-ring (bicyclic) bond motifs is 1. The number of hydrogen-bond donors (Lipinski definition) is 0. The van der Waals surface area contributed by atoms with Crippen LogP contribution in [0.4, 0.5) is 0 Å². The molecular formula is C16H16O3. The maximum Gasteiger partial charge on any atom is 0.306 e. The molecule has 19 heavy (non-hydrogen) atoms. The Labute approximate surface area is 112 Å². The Hall–Kier alpha value is -2.16. The number of rotatable bonds is 5. The molecule has 0 bridgehead atoms. The fourth-order valence-corrected chi connectivity index (χ4v) is 2.05. The molecule has 2 rings (SSSR count). The smallest absolute Gasteiger partial charge is 0.306 e. The zero-order chi connectivity index (χ0) is 13.7. The highest BCUT2D eigenvalue weighted by Crippen LogP contribution is 2.20. The van der Waals surface area contributed by atoms with Gasteiger partial charge in [-0.3, -0.25) is 9.59 Å². The van der Waals surface area contributed by atoms with E-state index in [1.807, 2.05) is 36.4 Å². The topological polar surface area (TPSA) is 43.4 Å². The summed E-state index contributed by atoms with van der Waals surface area (Å²) in [6, 6.07) is 13.4. The molecule has 0 aliphatic carbocycles. The van der Waals surface area contributed by atoms with Crippen molar-refractivity contribution in [2.24, 2.45) is 0 Å². The predicted octanol–water partition coefficient (Wildman–Crippen LogP) is 3.37. The molecule has 3 nitrogen and oxygen atoms in total. The number of ketones is 1. The molecule has 98 valence electrons. The van der Waals surface area contributed by atoms with Crippen LogP contribution in [0.25, 0.3) is 10.8 Å². The van der Waals surface area contributed by atoms with Crippen LogP contribution in [0.1, 0.15) is 30.1 Å². The average molecular weight is 256 g/mol. The normalized spacial score (nSPS) is 10.4. The highest BCUT2D eigenvalue weighted by Gasteiger charge is 2.12. The molecule has 3 heteroatoms. The van der Waals surface area contributed by atoms with Crippen molar-refractivity contribution in [3.63, 3.8) is 0 Å². The van der Waals surface area contributed by atoms with E-state index in [0.29, 0.717) is 12.2 Å². The summed E-state index contributed by atoms with van der Waals surface area (Å²) in [4.78, 5) is 23.4. The quantitative estimate of drug-likeness (QED) is 0.608. The lowest BCUT2D eigenvalue weighted by molar-refractivity contribution is -0.143. The molecule has 0 spiro atoms. The van der Waals surface area contributed by atoms with E-state index >= 15 is 0 Å². The van der Waals surface area contributed by atoms with Crippen LogP contribution in [0.2, 0.25) is 0 Å². The molecule has 0 saturated carbocycles. The van der Waals surface area contributed by atoms with Crippen molar-refractivity contribution in [3.05, 3.63) is 48.0 Å². The van der Waals surface area contributed by atoms with Crippen molar-refractivity contribution in [2.45, 2.75) is 19.8 Å². The summed E-state index contributed by atoms with van der Waals surface area (Å²) >= 11 is 0. The van der Waals surface area contributed by atoms with Gasteiger partial charge in [-0.05, 0) is 17.7 Å². The number of esters is 1. The maximum absolute atomic E-state index is 12.2. The van der Waals surface area contributed by atoms with Crippen LogP contribution < -0.4 is 0 Å². The van der Waals surface area contributed by atoms with Crippen LogP contribution in [-0.2, 0) is 9.53 Å². The summed E-state index contributed by atoms with van der Waals surface area (Å²) in [5.41, 5.74) is 0.669. The number of Topliss-reactive ketones (excluding diaryl/α,β-unsaturated/α-hetero) is 1. The van der Waals surface area contributed by atoms with Gasteiger partial charge in [0.25, 0.3) is 0 Å². The first-order chi connectivity index (χ1) is 9.22. The van der Waals surface area contributed by atoms with Gasteiger partial charge in [-0.25, -0.2) is 0 Å². The van der Waals surface area contributed by atoms with Gasteiger partial charge < -0.3 is 4.74 Å². The third kappa shape index (κ3) is 3.19. The molecule has 0 fully saturated rings. The first-order valence-corrected chi connectivity index (χ1v) is 6.39. The summed E-state index contributed by atoms with van der Waals surface area (Å²) in [6.45, 7) is 2.10. The van der Waals surface area contributed by atoms with E-state index in [4.69, 9.17) is 4.74 Å². The zero-order valence-corrected chi connectivity index (χ0v) is 10.9.